The quantitative estimate of drug-likeness (QED) is 0.0752. The molecular formula is C28H53NO13. The van der Waals surface area contributed by atoms with Crippen molar-refractivity contribution in [3.05, 3.63) is 0 Å². The van der Waals surface area contributed by atoms with Crippen molar-refractivity contribution >= 4 is 5.91 Å². The topological polar surface area (TPSA) is 228 Å². The van der Waals surface area contributed by atoms with Crippen molar-refractivity contribution in [2.24, 2.45) is 0 Å². The first kappa shape index (κ1) is 37.2. The molecule has 0 aromatic carbocycles. The van der Waals surface area contributed by atoms with Gasteiger partial charge in [0.25, 0.3) is 0 Å². The Bertz CT molecular complexity index is 745. The number of carbonyl (C=O) groups is 1. The van der Waals surface area contributed by atoms with Crippen molar-refractivity contribution in [1.82, 2.24) is 5.32 Å². The molecule has 2 fully saturated rings. The molecule has 1 amide bonds. The predicted octanol–water partition coefficient (Wildman–Crippen LogP) is -1.59. The molecule has 0 aromatic rings. The van der Waals surface area contributed by atoms with Crippen LogP contribution < -0.4 is 5.32 Å². The maximum atomic E-state index is 12.3. The highest BCUT2D eigenvalue weighted by Gasteiger charge is 2.50. The van der Waals surface area contributed by atoms with Gasteiger partial charge in [0.05, 0.1) is 32.0 Å². The minimum absolute atomic E-state index is 0.252. The Hall–Kier alpha value is -1.01. The largest absolute Gasteiger partial charge is 0.394 e. The van der Waals surface area contributed by atoms with Crippen molar-refractivity contribution in [3.63, 3.8) is 0 Å². The molecule has 248 valence electrons. The molecule has 0 aromatic heterocycles. The van der Waals surface area contributed by atoms with Gasteiger partial charge in [0, 0.05) is 6.42 Å². The monoisotopic (exact) mass is 611 g/mol. The molecule has 0 spiro atoms. The summed E-state index contributed by atoms with van der Waals surface area (Å²) in [7, 11) is 0. The lowest BCUT2D eigenvalue weighted by molar-refractivity contribution is -0.359. The summed E-state index contributed by atoms with van der Waals surface area (Å²) in [4.78, 5) is 12.3. The van der Waals surface area contributed by atoms with E-state index in [0.717, 1.165) is 25.7 Å². The van der Waals surface area contributed by atoms with Crippen LogP contribution in [-0.2, 0) is 23.7 Å². The number of aliphatic hydroxyl groups excluding tert-OH is 8. The first-order valence-corrected chi connectivity index (χ1v) is 15.3. The number of hydrogen-bond donors (Lipinski definition) is 9. The maximum absolute atomic E-state index is 12.3. The van der Waals surface area contributed by atoms with Crippen LogP contribution in [0.15, 0.2) is 0 Å². The van der Waals surface area contributed by atoms with E-state index in [4.69, 9.17) is 18.9 Å². The summed E-state index contributed by atoms with van der Waals surface area (Å²) in [5.41, 5.74) is 0. The maximum Gasteiger partial charge on any atom is 0.220 e. The van der Waals surface area contributed by atoms with Gasteiger partial charge >= 0.3 is 0 Å². The Morgan fingerprint density at radius 3 is 1.98 bits per heavy atom. The third kappa shape index (κ3) is 10.9. The number of hydrogen-bond acceptors (Lipinski definition) is 13. The van der Waals surface area contributed by atoms with Crippen molar-refractivity contribution < 1.29 is 64.6 Å². The van der Waals surface area contributed by atoms with Crippen LogP contribution in [0.2, 0.25) is 0 Å². The standard InChI is InChI=1S/C28H53NO13/c1-3-5-6-7-8-9-10-12-17(32)16(29-20(33)11-4-2)15-39-27-25(38)23(36)26(19(14-31)41-27)42-28-24(37)22(35)21(34)18(13-30)40-28/h16-19,21-28,30-32,34-38H,3-15H2,1-2H3,(H,29,33). The van der Waals surface area contributed by atoms with Crippen LogP contribution in [-0.4, -0.2) is 140 Å². The molecule has 2 rings (SSSR count). The lowest BCUT2D eigenvalue weighted by Gasteiger charge is -2.46. The molecule has 14 nitrogen and oxygen atoms in total. The minimum atomic E-state index is -1.77. The van der Waals surface area contributed by atoms with E-state index in [-0.39, 0.29) is 18.9 Å². The van der Waals surface area contributed by atoms with E-state index >= 15 is 0 Å². The number of carbonyl (C=O) groups excluding carboxylic acids is 1. The lowest BCUT2D eigenvalue weighted by atomic mass is 9.97. The summed E-state index contributed by atoms with van der Waals surface area (Å²) in [5.74, 6) is -0.268. The fourth-order valence-electron chi connectivity index (χ4n) is 5.16. The molecule has 0 bridgehead atoms. The highest BCUT2D eigenvalue weighted by atomic mass is 16.7. The number of amides is 1. The van der Waals surface area contributed by atoms with Crippen LogP contribution >= 0.6 is 0 Å². The normalized spacial score (nSPS) is 35.1. The fourth-order valence-corrected chi connectivity index (χ4v) is 5.16. The summed E-state index contributed by atoms with van der Waals surface area (Å²) in [6.07, 6.45) is -7.87. The Balaban J connectivity index is 1.99. The minimum Gasteiger partial charge on any atom is -0.394 e. The highest BCUT2D eigenvalue weighted by Crippen LogP contribution is 2.29. The van der Waals surface area contributed by atoms with Gasteiger partial charge in [-0.15, -0.1) is 0 Å². The number of ether oxygens (including phenoxy) is 4. The molecule has 0 saturated carbocycles. The summed E-state index contributed by atoms with van der Waals surface area (Å²) >= 11 is 0. The van der Waals surface area contributed by atoms with E-state index < -0.39 is 86.8 Å². The molecule has 2 aliphatic heterocycles. The van der Waals surface area contributed by atoms with Crippen LogP contribution in [0, 0.1) is 0 Å². The molecule has 12 atom stereocenters. The van der Waals surface area contributed by atoms with Gasteiger partial charge in [0.2, 0.25) is 5.91 Å². The van der Waals surface area contributed by atoms with Gasteiger partial charge in [-0.05, 0) is 12.8 Å². The second-order valence-corrected chi connectivity index (χ2v) is 11.2. The highest BCUT2D eigenvalue weighted by molar-refractivity contribution is 5.76. The van der Waals surface area contributed by atoms with Gasteiger partial charge in [-0.1, -0.05) is 58.8 Å². The van der Waals surface area contributed by atoms with Crippen LogP contribution in [0.5, 0.6) is 0 Å². The smallest absolute Gasteiger partial charge is 0.220 e. The molecular weight excluding hydrogens is 558 g/mol. The summed E-state index contributed by atoms with van der Waals surface area (Å²) in [6, 6.07) is -0.812. The van der Waals surface area contributed by atoms with Crippen LogP contribution in [0.3, 0.4) is 0 Å². The number of aliphatic hydroxyl groups is 8. The fraction of sp³-hybridized carbons (Fsp3) is 0.964. The molecule has 9 N–H and O–H groups in total. The van der Waals surface area contributed by atoms with Crippen molar-refractivity contribution in [3.8, 4) is 0 Å². The van der Waals surface area contributed by atoms with Gasteiger partial charge < -0.3 is 65.1 Å². The van der Waals surface area contributed by atoms with Crippen molar-refractivity contribution in [1.29, 1.82) is 0 Å². The third-order valence-corrected chi connectivity index (χ3v) is 7.79. The Morgan fingerprint density at radius 1 is 0.762 bits per heavy atom. The zero-order valence-electron chi connectivity index (χ0n) is 24.7. The van der Waals surface area contributed by atoms with Gasteiger partial charge in [0.15, 0.2) is 12.6 Å². The zero-order valence-corrected chi connectivity index (χ0v) is 24.7. The number of rotatable bonds is 19. The van der Waals surface area contributed by atoms with Gasteiger partial charge in [0.1, 0.15) is 48.8 Å². The van der Waals surface area contributed by atoms with Crippen molar-refractivity contribution in [2.75, 3.05) is 19.8 Å². The molecule has 42 heavy (non-hydrogen) atoms. The Labute approximate surface area is 247 Å². The molecule has 12 unspecified atom stereocenters. The molecule has 14 heteroatoms. The van der Waals surface area contributed by atoms with Crippen LogP contribution in [0.4, 0.5) is 0 Å². The van der Waals surface area contributed by atoms with E-state index in [1.165, 1.54) is 19.3 Å². The zero-order chi connectivity index (χ0) is 31.2. The molecule has 2 heterocycles. The first-order chi connectivity index (χ1) is 20.1. The SMILES string of the molecule is CCCCCCCCCC(O)C(COC1OC(CO)C(OC2OC(CO)C(O)C(O)C2O)C(O)C1O)NC(=O)CCC. The second-order valence-electron chi connectivity index (χ2n) is 11.2. The van der Waals surface area contributed by atoms with E-state index in [2.05, 4.69) is 12.2 Å². The second kappa shape index (κ2) is 19.4. The van der Waals surface area contributed by atoms with Crippen LogP contribution in [0.1, 0.15) is 78.1 Å². The van der Waals surface area contributed by atoms with Gasteiger partial charge in [-0.25, -0.2) is 0 Å². The molecule has 0 aliphatic carbocycles. The van der Waals surface area contributed by atoms with Gasteiger partial charge in [-0.2, -0.15) is 0 Å². The Morgan fingerprint density at radius 2 is 1.36 bits per heavy atom. The summed E-state index contributed by atoms with van der Waals surface area (Å²) in [6.45, 7) is 2.35. The first-order valence-electron chi connectivity index (χ1n) is 15.3. The summed E-state index contributed by atoms with van der Waals surface area (Å²) in [5, 5.41) is 84.7. The summed E-state index contributed by atoms with van der Waals surface area (Å²) < 4.78 is 22.2. The van der Waals surface area contributed by atoms with E-state index in [9.17, 15) is 45.6 Å². The van der Waals surface area contributed by atoms with E-state index in [1.807, 2.05) is 6.92 Å². The van der Waals surface area contributed by atoms with E-state index in [1.54, 1.807) is 0 Å². The average Bonchev–Trinajstić information content (AvgIpc) is 2.97. The van der Waals surface area contributed by atoms with Crippen LogP contribution in [0.25, 0.3) is 0 Å². The number of nitrogens with one attached hydrogen (secondary N) is 1. The average molecular weight is 612 g/mol. The molecule has 2 saturated heterocycles. The molecule has 0 radical (unpaired) electrons. The third-order valence-electron chi connectivity index (χ3n) is 7.79. The number of unbranched alkanes of at least 4 members (excludes halogenated alkanes) is 6. The van der Waals surface area contributed by atoms with E-state index in [0.29, 0.717) is 12.8 Å². The van der Waals surface area contributed by atoms with Gasteiger partial charge in [-0.3, -0.25) is 4.79 Å². The Kier molecular flexibility index (Phi) is 17.2. The van der Waals surface area contributed by atoms with Crippen molar-refractivity contribution in [2.45, 2.75) is 152 Å². The molecule has 2 aliphatic rings. The lowest BCUT2D eigenvalue weighted by Crippen LogP contribution is -2.65. The predicted molar refractivity (Wildman–Crippen MR) is 148 cm³/mol.